The van der Waals surface area contributed by atoms with Crippen LogP contribution in [0, 0.1) is 5.92 Å². The molecule has 33 heavy (non-hydrogen) atoms. The molecule has 1 aliphatic heterocycles. The number of piperidine rings is 1. The van der Waals surface area contributed by atoms with Crippen molar-refractivity contribution in [2.24, 2.45) is 5.92 Å². The third-order valence-electron chi connectivity index (χ3n) is 6.80. The maximum atomic E-state index is 13.3. The van der Waals surface area contributed by atoms with E-state index in [9.17, 15) is 4.79 Å². The van der Waals surface area contributed by atoms with Gasteiger partial charge in [-0.15, -0.1) is 5.10 Å². The Morgan fingerprint density at radius 3 is 2.61 bits per heavy atom. The highest BCUT2D eigenvalue weighted by molar-refractivity contribution is 5.80. The minimum atomic E-state index is -0.297. The Labute approximate surface area is 193 Å². The van der Waals surface area contributed by atoms with Gasteiger partial charge in [0.05, 0.1) is 6.54 Å². The van der Waals surface area contributed by atoms with E-state index in [0.29, 0.717) is 23.9 Å². The van der Waals surface area contributed by atoms with Crippen LogP contribution in [0.4, 0.5) is 0 Å². The summed E-state index contributed by atoms with van der Waals surface area (Å²) in [6, 6.07) is 18.1. The first-order chi connectivity index (χ1) is 16.1. The number of nitrogens with one attached hydrogen (secondary N) is 1. The summed E-state index contributed by atoms with van der Waals surface area (Å²) in [6.45, 7) is 6.83. The maximum Gasteiger partial charge on any atom is 0.253 e. The summed E-state index contributed by atoms with van der Waals surface area (Å²) in [5, 5.41) is 13.8. The number of nitrogens with zero attached hydrogens (tertiary/aromatic N) is 5. The molecule has 1 saturated heterocycles. The lowest BCUT2D eigenvalue weighted by Gasteiger charge is -2.35. The molecule has 3 heterocycles. The van der Waals surface area contributed by atoms with Crippen molar-refractivity contribution in [3.63, 3.8) is 0 Å². The van der Waals surface area contributed by atoms with Crippen molar-refractivity contribution in [3.05, 3.63) is 87.5 Å². The van der Waals surface area contributed by atoms with Gasteiger partial charge >= 0.3 is 0 Å². The number of benzene rings is 2. The van der Waals surface area contributed by atoms with Gasteiger partial charge < -0.3 is 4.98 Å². The molecule has 7 heteroatoms. The number of hydrogen-bond acceptors (Lipinski definition) is 5. The number of fused-ring (bicyclic) bond motifs is 1. The molecule has 2 aromatic carbocycles. The van der Waals surface area contributed by atoms with Gasteiger partial charge in [-0.2, -0.15) is 0 Å². The first kappa shape index (κ1) is 21.5. The molecule has 4 aromatic rings. The van der Waals surface area contributed by atoms with Crippen LogP contribution in [0.15, 0.2) is 59.4 Å². The van der Waals surface area contributed by atoms with Gasteiger partial charge in [0, 0.05) is 11.1 Å². The molecule has 0 saturated carbocycles. The van der Waals surface area contributed by atoms with Gasteiger partial charge in [-0.05, 0) is 83.4 Å². The van der Waals surface area contributed by atoms with Crippen LogP contribution in [-0.4, -0.2) is 43.2 Å². The lowest BCUT2D eigenvalue weighted by molar-refractivity contribution is 0.149. The summed E-state index contributed by atoms with van der Waals surface area (Å²) in [4.78, 5) is 18.8. The van der Waals surface area contributed by atoms with Crippen LogP contribution in [0.2, 0.25) is 0 Å². The molecule has 1 aliphatic rings. The van der Waals surface area contributed by atoms with Crippen LogP contribution < -0.4 is 5.56 Å². The van der Waals surface area contributed by atoms with E-state index in [1.54, 1.807) is 0 Å². The van der Waals surface area contributed by atoms with Crippen molar-refractivity contribution in [3.8, 4) is 0 Å². The molecular weight excluding hydrogens is 412 g/mol. The van der Waals surface area contributed by atoms with E-state index in [0.717, 1.165) is 48.8 Å². The number of aromatic nitrogens is 5. The molecule has 2 aromatic heterocycles. The standard InChI is InChI=1S/C26H30N6O/c1-3-19-9-10-23-21(15-19)16-22(26(33)27-23)24(31-13-11-18(2)12-14-31)25-28-29-30-32(25)17-20-7-5-4-6-8-20/h4-10,15-16,18,24H,3,11-14,17H2,1-2H3,(H,27,33)/t24-/m0/s1. The van der Waals surface area contributed by atoms with Crippen LogP contribution in [0.1, 0.15) is 55.2 Å². The lowest BCUT2D eigenvalue weighted by atomic mass is 9.95. The number of tetrazole rings is 1. The van der Waals surface area contributed by atoms with Gasteiger partial charge in [0.15, 0.2) is 5.82 Å². The topological polar surface area (TPSA) is 79.7 Å². The molecule has 1 N–H and O–H groups in total. The zero-order valence-electron chi connectivity index (χ0n) is 19.2. The largest absolute Gasteiger partial charge is 0.322 e. The number of hydrogen-bond donors (Lipinski definition) is 1. The highest BCUT2D eigenvalue weighted by Gasteiger charge is 2.32. The summed E-state index contributed by atoms with van der Waals surface area (Å²) in [5.74, 6) is 1.40. The summed E-state index contributed by atoms with van der Waals surface area (Å²) >= 11 is 0. The SMILES string of the molecule is CCc1ccc2[nH]c(=O)c([C@@H](c3nnnn3Cc3ccccc3)N3CCC(C)CC3)cc2c1. The summed E-state index contributed by atoms with van der Waals surface area (Å²) in [7, 11) is 0. The second-order valence-corrected chi connectivity index (χ2v) is 9.13. The first-order valence-electron chi connectivity index (χ1n) is 11.8. The number of pyridine rings is 1. The van der Waals surface area contributed by atoms with E-state index in [4.69, 9.17) is 0 Å². The summed E-state index contributed by atoms with van der Waals surface area (Å²) in [5.41, 5.74) is 3.85. The third-order valence-corrected chi connectivity index (χ3v) is 6.80. The zero-order chi connectivity index (χ0) is 22.8. The van der Waals surface area contributed by atoms with Gasteiger partial charge in [-0.25, -0.2) is 4.68 Å². The summed E-state index contributed by atoms with van der Waals surface area (Å²) < 4.78 is 1.84. The van der Waals surface area contributed by atoms with Crippen LogP contribution in [0.3, 0.4) is 0 Å². The number of rotatable bonds is 6. The highest BCUT2D eigenvalue weighted by atomic mass is 16.1. The second-order valence-electron chi connectivity index (χ2n) is 9.13. The van der Waals surface area contributed by atoms with Crippen LogP contribution >= 0.6 is 0 Å². The van der Waals surface area contributed by atoms with Crippen LogP contribution in [0.25, 0.3) is 10.9 Å². The van der Waals surface area contributed by atoms with Gasteiger partial charge in [-0.1, -0.05) is 50.2 Å². The van der Waals surface area contributed by atoms with Crippen molar-refractivity contribution in [2.75, 3.05) is 13.1 Å². The normalized spacial score (nSPS) is 16.3. The van der Waals surface area contributed by atoms with E-state index in [-0.39, 0.29) is 11.6 Å². The molecule has 0 spiro atoms. The van der Waals surface area contributed by atoms with Gasteiger partial charge in [-0.3, -0.25) is 9.69 Å². The zero-order valence-corrected chi connectivity index (χ0v) is 19.2. The first-order valence-corrected chi connectivity index (χ1v) is 11.8. The third kappa shape index (κ3) is 4.46. The molecule has 0 radical (unpaired) electrons. The van der Waals surface area contributed by atoms with Gasteiger partial charge in [0.1, 0.15) is 6.04 Å². The van der Waals surface area contributed by atoms with Crippen molar-refractivity contribution < 1.29 is 0 Å². The Morgan fingerprint density at radius 2 is 1.85 bits per heavy atom. The van der Waals surface area contributed by atoms with E-state index in [2.05, 4.69) is 63.5 Å². The van der Waals surface area contributed by atoms with E-state index < -0.39 is 0 Å². The Bertz CT molecular complexity index is 1290. The fraction of sp³-hybridized carbons (Fsp3) is 0.385. The molecule has 0 aliphatic carbocycles. The minimum Gasteiger partial charge on any atom is -0.322 e. The van der Waals surface area contributed by atoms with E-state index >= 15 is 0 Å². The fourth-order valence-corrected chi connectivity index (χ4v) is 4.76. The van der Waals surface area contributed by atoms with E-state index in [1.165, 1.54) is 5.56 Å². The number of likely N-dealkylation sites (tertiary alicyclic amines) is 1. The molecule has 1 atom stereocenters. The Balaban J connectivity index is 1.61. The fourth-order valence-electron chi connectivity index (χ4n) is 4.76. The lowest BCUT2D eigenvalue weighted by Crippen LogP contribution is -2.40. The van der Waals surface area contributed by atoms with Crippen molar-refractivity contribution >= 4 is 10.9 Å². The van der Waals surface area contributed by atoms with Gasteiger partial charge in [0.2, 0.25) is 0 Å². The smallest absolute Gasteiger partial charge is 0.253 e. The second kappa shape index (κ2) is 9.27. The maximum absolute atomic E-state index is 13.3. The average Bonchev–Trinajstić information content (AvgIpc) is 3.28. The Morgan fingerprint density at radius 1 is 1.06 bits per heavy atom. The molecule has 0 amide bonds. The average molecular weight is 443 g/mol. The monoisotopic (exact) mass is 442 g/mol. The van der Waals surface area contributed by atoms with E-state index in [1.807, 2.05) is 35.0 Å². The number of aromatic amines is 1. The molecule has 0 bridgehead atoms. The summed E-state index contributed by atoms with van der Waals surface area (Å²) in [6.07, 6.45) is 3.15. The molecule has 5 rings (SSSR count). The van der Waals surface area contributed by atoms with Gasteiger partial charge in [0.25, 0.3) is 5.56 Å². The van der Waals surface area contributed by atoms with Crippen molar-refractivity contribution in [2.45, 2.75) is 45.7 Å². The van der Waals surface area contributed by atoms with Crippen LogP contribution in [0.5, 0.6) is 0 Å². The molecular formula is C26H30N6O. The predicted molar refractivity (Wildman–Crippen MR) is 129 cm³/mol. The number of H-pyrrole nitrogens is 1. The quantitative estimate of drug-likeness (QED) is 0.489. The Kier molecular flexibility index (Phi) is 6.05. The predicted octanol–water partition coefficient (Wildman–Crippen LogP) is 3.95. The van der Waals surface area contributed by atoms with Crippen LogP contribution in [-0.2, 0) is 13.0 Å². The number of aryl methyl sites for hydroxylation is 1. The molecule has 7 nitrogen and oxygen atoms in total. The minimum absolute atomic E-state index is 0.0790. The van der Waals surface area contributed by atoms with Crippen molar-refractivity contribution in [1.29, 1.82) is 0 Å². The molecule has 0 unspecified atom stereocenters. The van der Waals surface area contributed by atoms with Crippen molar-refractivity contribution in [1.82, 2.24) is 30.1 Å². The Hall–Kier alpha value is -3.32. The highest BCUT2D eigenvalue weighted by Crippen LogP contribution is 2.31. The molecule has 1 fully saturated rings. The molecule has 170 valence electrons.